The molecule has 1 aromatic rings. The van der Waals surface area contributed by atoms with Gasteiger partial charge in [-0.15, -0.1) is 0 Å². The van der Waals surface area contributed by atoms with E-state index >= 15 is 0 Å². The van der Waals surface area contributed by atoms with Crippen LogP contribution in [0.2, 0.25) is 0 Å². The maximum atomic E-state index is 11.4. The van der Waals surface area contributed by atoms with E-state index < -0.39 is 0 Å². The Bertz CT molecular complexity index is 464. The Balaban J connectivity index is 1.70. The van der Waals surface area contributed by atoms with Gasteiger partial charge in [-0.2, -0.15) is 0 Å². The molecule has 2 heterocycles. The molecule has 0 aromatic carbocycles. The lowest BCUT2D eigenvalue weighted by molar-refractivity contribution is 0.319. The van der Waals surface area contributed by atoms with Gasteiger partial charge in [0.15, 0.2) is 0 Å². The van der Waals surface area contributed by atoms with E-state index in [1.807, 2.05) is 6.92 Å². The smallest absolute Gasteiger partial charge is 0.251 e. The van der Waals surface area contributed by atoms with Crippen molar-refractivity contribution >= 4 is 0 Å². The normalized spacial score (nSPS) is 25.4. The molecule has 17 heavy (non-hydrogen) atoms. The highest BCUT2D eigenvalue weighted by atomic mass is 16.1. The summed E-state index contributed by atoms with van der Waals surface area (Å²) < 4.78 is 0. The van der Waals surface area contributed by atoms with Gasteiger partial charge in [0.1, 0.15) is 5.82 Å². The van der Waals surface area contributed by atoms with Gasteiger partial charge < -0.3 is 9.88 Å². The number of rotatable bonds is 3. The molecule has 1 aliphatic heterocycles. The van der Waals surface area contributed by atoms with Crippen LogP contribution >= 0.6 is 0 Å². The highest BCUT2D eigenvalue weighted by molar-refractivity contribution is 5.07. The van der Waals surface area contributed by atoms with Crippen molar-refractivity contribution in [2.75, 3.05) is 19.6 Å². The Morgan fingerprint density at radius 2 is 2.29 bits per heavy atom. The Hall–Kier alpha value is -1.16. The van der Waals surface area contributed by atoms with Crippen LogP contribution < -0.4 is 5.56 Å². The van der Waals surface area contributed by atoms with Crippen molar-refractivity contribution < 1.29 is 0 Å². The molecule has 92 valence electrons. The molecule has 2 aliphatic rings. The number of nitrogens with zero attached hydrogens (tertiary/aromatic N) is 2. The second-order valence-corrected chi connectivity index (χ2v) is 5.46. The number of nitrogens with one attached hydrogen (secondary N) is 1. The lowest BCUT2D eigenvalue weighted by Crippen LogP contribution is -2.23. The van der Waals surface area contributed by atoms with Crippen LogP contribution in [0, 0.1) is 12.8 Å². The molecule has 3 rings (SSSR count). The van der Waals surface area contributed by atoms with Gasteiger partial charge in [0.05, 0.1) is 0 Å². The predicted octanol–water partition coefficient (Wildman–Crippen LogP) is 1.28. The van der Waals surface area contributed by atoms with E-state index in [0.717, 1.165) is 36.9 Å². The zero-order valence-electron chi connectivity index (χ0n) is 10.3. The summed E-state index contributed by atoms with van der Waals surface area (Å²) in [5.74, 6) is 2.24. The average molecular weight is 233 g/mol. The standard InChI is InChI=1S/C13H19N3O/c1-9-6-12(17)15-13(14-9)11-4-5-16(8-11)7-10-2-3-10/h6,10-11H,2-5,7-8H2,1H3,(H,14,15,17)/t11-/m0/s1. The van der Waals surface area contributed by atoms with E-state index in [1.54, 1.807) is 6.07 Å². The Morgan fingerprint density at radius 3 is 3.00 bits per heavy atom. The van der Waals surface area contributed by atoms with E-state index in [1.165, 1.54) is 19.4 Å². The third-order valence-corrected chi connectivity index (χ3v) is 3.76. The quantitative estimate of drug-likeness (QED) is 0.855. The molecule has 4 heteroatoms. The number of hydrogen-bond acceptors (Lipinski definition) is 3. The summed E-state index contributed by atoms with van der Waals surface area (Å²) in [5.41, 5.74) is 0.803. The summed E-state index contributed by atoms with van der Waals surface area (Å²) in [6, 6.07) is 1.56. The molecule has 0 bridgehead atoms. The first-order valence-electron chi connectivity index (χ1n) is 6.51. The van der Waals surface area contributed by atoms with Crippen molar-refractivity contribution in [2.45, 2.75) is 32.1 Å². The summed E-state index contributed by atoms with van der Waals surface area (Å²) in [7, 11) is 0. The number of likely N-dealkylation sites (tertiary alicyclic amines) is 1. The summed E-state index contributed by atoms with van der Waals surface area (Å²) >= 11 is 0. The van der Waals surface area contributed by atoms with Crippen LogP contribution in [0.25, 0.3) is 0 Å². The number of aromatic amines is 1. The Morgan fingerprint density at radius 1 is 1.47 bits per heavy atom. The first kappa shape index (κ1) is 11.0. The molecule has 1 atom stereocenters. The minimum atomic E-state index is -0.0202. The van der Waals surface area contributed by atoms with Crippen LogP contribution in [0.4, 0.5) is 0 Å². The lowest BCUT2D eigenvalue weighted by atomic mass is 10.1. The van der Waals surface area contributed by atoms with Crippen molar-refractivity contribution in [3.05, 3.63) is 27.9 Å². The van der Waals surface area contributed by atoms with Crippen LogP contribution in [0.1, 0.15) is 36.7 Å². The molecular formula is C13H19N3O. The first-order chi connectivity index (χ1) is 8.20. The van der Waals surface area contributed by atoms with Crippen molar-refractivity contribution in [1.29, 1.82) is 0 Å². The zero-order chi connectivity index (χ0) is 11.8. The predicted molar refractivity (Wildman–Crippen MR) is 66.1 cm³/mol. The SMILES string of the molecule is Cc1cc(=O)[nH]c([C@H]2CCN(CC3CC3)C2)n1. The van der Waals surface area contributed by atoms with Gasteiger partial charge in [-0.3, -0.25) is 4.79 Å². The van der Waals surface area contributed by atoms with Crippen LogP contribution in [-0.4, -0.2) is 34.5 Å². The van der Waals surface area contributed by atoms with Crippen LogP contribution in [0.3, 0.4) is 0 Å². The van der Waals surface area contributed by atoms with Gasteiger partial charge in [0.25, 0.3) is 5.56 Å². The Kier molecular flexibility index (Phi) is 2.74. The van der Waals surface area contributed by atoms with E-state index in [4.69, 9.17) is 0 Å². The fraction of sp³-hybridized carbons (Fsp3) is 0.692. The molecule has 1 saturated heterocycles. The van der Waals surface area contributed by atoms with Crippen molar-refractivity contribution in [1.82, 2.24) is 14.9 Å². The molecule has 0 radical (unpaired) electrons. The minimum Gasteiger partial charge on any atom is -0.310 e. The third-order valence-electron chi connectivity index (χ3n) is 3.76. The molecule has 0 unspecified atom stereocenters. The van der Waals surface area contributed by atoms with Crippen LogP contribution in [0.15, 0.2) is 10.9 Å². The van der Waals surface area contributed by atoms with Crippen LogP contribution in [-0.2, 0) is 0 Å². The van der Waals surface area contributed by atoms with Gasteiger partial charge in [0.2, 0.25) is 0 Å². The minimum absolute atomic E-state index is 0.0202. The third kappa shape index (κ3) is 2.57. The van der Waals surface area contributed by atoms with Gasteiger partial charge in [0, 0.05) is 30.8 Å². The molecule has 1 aromatic heterocycles. The molecule has 0 spiro atoms. The average Bonchev–Trinajstić information content (AvgIpc) is 2.93. The molecule has 4 nitrogen and oxygen atoms in total. The summed E-state index contributed by atoms with van der Waals surface area (Å²) in [6.45, 7) is 5.34. The number of hydrogen-bond donors (Lipinski definition) is 1. The topological polar surface area (TPSA) is 49.0 Å². The van der Waals surface area contributed by atoms with E-state index in [2.05, 4.69) is 14.9 Å². The van der Waals surface area contributed by atoms with E-state index in [9.17, 15) is 4.79 Å². The highest BCUT2D eigenvalue weighted by Gasteiger charge is 2.30. The van der Waals surface area contributed by atoms with Crippen molar-refractivity contribution in [3.8, 4) is 0 Å². The summed E-state index contributed by atoms with van der Waals surface area (Å²) in [6.07, 6.45) is 3.93. The molecule has 0 amide bonds. The van der Waals surface area contributed by atoms with Gasteiger partial charge >= 0.3 is 0 Å². The molecular weight excluding hydrogens is 214 g/mol. The Labute approximate surface area is 101 Å². The van der Waals surface area contributed by atoms with Crippen molar-refractivity contribution in [2.24, 2.45) is 5.92 Å². The molecule has 1 N–H and O–H groups in total. The molecule has 2 fully saturated rings. The second-order valence-electron chi connectivity index (χ2n) is 5.46. The lowest BCUT2D eigenvalue weighted by Gasteiger charge is -2.15. The van der Waals surface area contributed by atoms with Gasteiger partial charge in [-0.25, -0.2) is 4.98 Å². The maximum Gasteiger partial charge on any atom is 0.251 e. The van der Waals surface area contributed by atoms with E-state index in [0.29, 0.717) is 5.92 Å². The summed E-state index contributed by atoms with van der Waals surface area (Å²) in [5, 5.41) is 0. The largest absolute Gasteiger partial charge is 0.310 e. The van der Waals surface area contributed by atoms with Gasteiger partial charge in [-0.05, 0) is 38.6 Å². The second kappa shape index (κ2) is 4.26. The number of aryl methyl sites for hydroxylation is 1. The zero-order valence-corrected chi connectivity index (χ0v) is 10.3. The number of aromatic nitrogens is 2. The fourth-order valence-electron chi connectivity index (χ4n) is 2.68. The van der Waals surface area contributed by atoms with E-state index in [-0.39, 0.29) is 5.56 Å². The maximum absolute atomic E-state index is 11.4. The molecule has 1 saturated carbocycles. The highest BCUT2D eigenvalue weighted by Crippen LogP contribution is 2.33. The first-order valence-corrected chi connectivity index (χ1v) is 6.51. The monoisotopic (exact) mass is 233 g/mol. The molecule has 1 aliphatic carbocycles. The fourth-order valence-corrected chi connectivity index (χ4v) is 2.68. The van der Waals surface area contributed by atoms with Gasteiger partial charge in [-0.1, -0.05) is 0 Å². The van der Waals surface area contributed by atoms with Crippen LogP contribution in [0.5, 0.6) is 0 Å². The van der Waals surface area contributed by atoms with Crippen molar-refractivity contribution in [3.63, 3.8) is 0 Å². The summed E-state index contributed by atoms with van der Waals surface area (Å²) in [4.78, 5) is 21.3. The number of H-pyrrole nitrogens is 1.